The molecule has 2 fully saturated rings. The first kappa shape index (κ1) is 11.3. The van der Waals surface area contributed by atoms with Gasteiger partial charge < -0.3 is 9.64 Å². The molecule has 0 radical (unpaired) electrons. The first-order valence-corrected chi connectivity index (χ1v) is 5.91. The molecule has 1 amide bonds. The van der Waals surface area contributed by atoms with Crippen molar-refractivity contribution in [3.8, 4) is 11.8 Å². The zero-order chi connectivity index (χ0) is 11.4. The molecule has 2 heterocycles. The van der Waals surface area contributed by atoms with E-state index in [1.165, 1.54) is 0 Å². The molecule has 4 heteroatoms. The molecule has 1 unspecified atom stereocenters. The number of hydrogen-bond acceptors (Lipinski definition) is 3. The normalized spacial score (nSPS) is 28.7. The minimum absolute atomic E-state index is 0.0149. The van der Waals surface area contributed by atoms with Gasteiger partial charge in [0.05, 0.1) is 6.04 Å². The monoisotopic (exact) mass is 222 g/mol. The summed E-state index contributed by atoms with van der Waals surface area (Å²) in [6.07, 6.45) is 2.83. The van der Waals surface area contributed by atoms with Gasteiger partial charge in [-0.25, -0.2) is 4.79 Å². The maximum atomic E-state index is 11.7. The van der Waals surface area contributed by atoms with Gasteiger partial charge in [-0.3, -0.25) is 5.32 Å². The van der Waals surface area contributed by atoms with Gasteiger partial charge in [-0.1, -0.05) is 5.92 Å². The van der Waals surface area contributed by atoms with Gasteiger partial charge in [-0.05, 0) is 19.8 Å². The van der Waals surface area contributed by atoms with E-state index < -0.39 is 0 Å². The second-order valence-electron chi connectivity index (χ2n) is 4.29. The van der Waals surface area contributed by atoms with Crippen molar-refractivity contribution >= 4 is 6.09 Å². The number of rotatable bonds is 1. The van der Waals surface area contributed by atoms with E-state index in [0.717, 1.165) is 38.9 Å². The summed E-state index contributed by atoms with van der Waals surface area (Å²) in [4.78, 5) is 13.5. The number of carbonyl (C=O) groups is 1. The lowest BCUT2D eigenvalue weighted by molar-refractivity contribution is 0.0763. The molecule has 2 aliphatic rings. The molecule has 0 aromatic carbocycles. The lowest BCUT2D eigenvalue weighted by Gasteiger charge is -2.18. The van der Waals surface area contributed by atoms with Crippen molar-refractivity contribution in [2.24, 2.45) is 0 Å². The Morgan fingerprint density at radius 3 is 2.88 bits per heavy atom. The van der Waals surface area contributed by atoms with Crippen LogP contribution in [0.2, 0.25) is 0 Å². The number of nitrogens with zero attached hydrogens (tertiary/aromatic N) is 1. The molecule has 0 aromatic heterocycles. The second kappa shape index (κ2) is 5.22. The third kappa shape index (κ3) is 2.67. The average molecular weight is 222 g/mol. The fourth-order valence-corrected chi connectivity index (χ4v) is 2.19. The topological polar surface area (TPSA) is 41.6 Å². The lowest BCUT2D eigenvalue weighted by atomic mass is 10.2. The predicted molar refractivity (Wildman–Crippen MR) is 60.9 cm³/mol. The fourth-order valence-electron chi connectivity index (χ4n) is 2.19. The molecule has 2 rings (SSSR count). The average Bonchev–Trinajstić information content (AvgIpc) is 2.89. The maximum absolute atomic E-state index is 11.7. The third-order valence-electron chi connectivity index (χ3n) is 3.04. The van der Waals surface area contributed by atoms with Crippen LogP contribution in [-0.2, 0) is 4.74 Å². The Kier molecular flexibility index (Phi) is 3.68. The van der Waals surface area contributed by atoms with Crippen LogP contribution >= 0.6 is 0 Å². The number of carbonyl (C=O) groups excluding carboxylic acids is 1. The Labute approximate surface area is 96.3 Å². The van der Waals surface area contributed by atoms with E-state index in [1.807, 2.05) is 6.92 Å². The second-order valence-corrected chi connectivity index (χ2v) is 4.29. The van der Waals surface area contributed by atoms with E-state index in [9.17, 15) is 4.79 Å². The summed E-state index contributed by atoms with van der Waals surface area (Å²) in [5.41, 5.74) is 0. The Hall–Kier alpha value is -1.21. The quantitative estimate of drug-likeness (QED) is 0.672. The van der Waals surface area contributed by atoms with Crippen LogP contribution in [0.15, 0.2) is 0 Å². The SMILES string of the molecule is CC#CC1C[C@@H](OC(=O)N2CCCC2)CN1. The molecule has 16 heavy (non-hydrogen) atoms. The van der Waals surface area contributed by atoms with E-state index in [0.29, 0.717) is 0 Å². The zero-order valence-corrected chi connectivity index (χ0v) is 9.66. The first-order chi connectivity index (χ1) is 7.79. The van der Waals surface area contributed by atoms with Crippen molar-refractivity contribution in [1.29, 1.82) is 0 Å². The van der Waals surface area contributed by atoms with Crippen molar-refractivity contribution in [3.05, 3.63) is 0 Å². The summed E-state index contributed by atoms with van der Waals surface area (Å²) >= 11 is 0. The standard InChI is InChI=1S/C12H18N2O2/c1-2-5-10-8-11(9-13-10)16-12(15)14-6-3-4-7-14/h10-11,13H,3-4,6-9H2,1H3/t10?,11-/m1/s1. The number of hydrogen-bond donors (Lipinski definition) is 1. The van der Waals surface area contributed by atoms with Gasteiger partial charge in [0, 0.05) is 26.1 Å². The molecule has 0 spiro atoms. The smallest absolute Gasteiger partial charge is 0.410 e. The van der Waals surface area contributed by atoms with Crippen LogP contribution in [0.4, 0.5) is 4.79 Å². The minimum atomic E-state index is -0.158. The molecule has 88 valence electrons. The molecule has 2 atom stereocenters. The van der Waals surface area contributed by atoms with Gasteiger partial charge in [-0.15, -0.1) is 5.92 Å². The first-order valence-electron chi connectivity index (χ1n) is 5.91. The van der Waals surface area contributed by atoms with Crippen LogP contribution in [0.3, 0.4) is 0 Å². The molecule has 2 saturated heterocycles. The summed E-state index contributed by atoms with van der Waals surface area (Å²) in [5, 5.41) is 3.23. The van der Waals surface area contributed by atoms with Gasteiger partial charge >= 0.3 is 6.09 Å². The molecular weight excluding hydrogens is 204 g/mol. The van der Waals surface area contributed by atoms with Crippen molar-refractivity contribution in [2.45, 2.75) is 38.3 Å². The third-order valence-corrected chi connectivity index (χ3v) is 3.04. The van der Waals surface area contributed by atoms with Crippen molar-refractivity contribution in [2.75, 3.05) is 19.6 Å². The van der Waals surface area contributed by atoms with Crippen LogP contribution in [0.1, 0.15) is 26.2 Å². The number of amides is 1. The van der Waals surface area contributed by atoms with Crippen molar-refractivity contribution in [3.63, 3.8) is 0 Å². The van der Waals surface area contributed by atoms with Crippen LogP contribution in [0, 0.1) is 11.8 Å². The molecule has 2 aliphatic heterocycles. The zero-order valence-electron chi connectivity index (χ0n) is 9.66. The van der Waals surface area contributed by atoms with Crippen molar-refractivity contribution in [1.82, 2.24) is 10.2 Å². The number of nitrogens with one attached hydrogen (secondary N) is 1. The Bertz CT molecular complexity index is 313. The highest BCUT2D eigenvalue weighted by Crippen LogP contribution is 2.14. The Morgan fingerprint density at radius 1 is 1.44 bits per heavy atom. The van der Waals surface area contributed by atoms with E-state index in [-0.39, 0.29) is 18.2 Å². The molecule has 0 aromatic rings. The number of ether oxygens (including phenoxy) is 1. The maximum Gasteiger partial charge on any atom is 0.410 e. The van der Waals surface area contributed by atoms with Crippen LogP contribution in [0.25, 0.3) is 0 Å². The van der Waals surface area contributed by atoms with Gasteiger partial charge in [-0.2, -0.15) is 0 Å². The predicted octanol–water partition coefficient (Wildman–Crippen LogP) is 0.973. The van der Waals surface area contributed by atoms with Crippen molar-refractivity contribution < 1.29 is 9.53 Å². The summed E-state index contributed by atoms with van der Waals surface area (Å²) in [5.74, 6) is 5.93. The largest absolute Gasteiger partial charge is 0.445 e. The summed E-state index contributed by atoms with van der Waals surface area (Å²) in [7, 11) is 0. The molecule has 0 bridgehead atoms. The van der Waals surface area contributed by atoms with E-state index in [1.54, 1.807) is 4.90 Å². The molecule has 0 aliphatic carbocycles. The van der Waals surface area contributed by atoms with Gasteiger partial charge in [0.1, 0.15) is 6.10 Å². The van der Waals surface area contributed by atoms with Gasteiger partial charge in [0.2, 0.25) is 0 Å². The highest BCUT2D eigenvalue weighted by Gasteiger charge is 2.28. The van der Waals surface area contributed by atoms with Crippen LogP contribution in [0.5, 0.6) is 0 Å². The number of likely N-dealkylation sites (tertiary alicyclic amines) is 1. The van der Waals surface area contributed by atoms with E-state index in [2.05, 4.69) is 17.2 Å². The van der Waals surface area contributed by atoms with Gasteiger partial charge in [0.15, 0.2) is 0 Å². The highest BCUT2D eigenvalue weighted by molar-refractivity contribution is 5.68. The van der Waals surface area contributed by atoms with Gasteiger partial charge in [0.25, 0.3) is 0 Å². The molecule has 1 N–H and O–H groups in total. The van der Waals surface area contributed by atoms with Crippen LogP contribution < -0.4 is 5.32 Å². The highest BCUT2D eigenvalue weighted by atomic mass is 16.6. The lowest BCUT2D eigenvalue weighted by Crippen LogP contribution is -2.32. The Morgan fingerprint density at radius 2 is 2.19 bits per heavy atom. The van der Waals surface area contributed by atoms with E-state index >= 15 is 0 Å². The molecule has 0 saturated carbocycles. The minimum Gasteiger partial charge on any atom is -0.445 e. The molecular formula is C12H18N2O2. The fraction of sp³-hybridized carbons (Fsp3) is 0.750. The summed E-state index contributed by atoms with van der Waals surface area (Å²) in [6.45, 7) is 4.23. The van der Waals surface area contributed by atoms with E-state index in [4.69, 9.17) is 4.74 Å². The molecule has 4 nitrogen and oxygen atoms in total. The summed E-state index contributed by atoms with van der Waals surface area (Å²) in [6, 6.07) is 0.182. The van der Waals surface area contributed by atoms with Crippen LogP contribution in [-0.4, -0.2) is 42.8 Å². The summed E-state index contributed by atoms with van der Waals surface area (Å²) < 4.78 is 5.43. The Balaban J connectivity index is 1.77.